The summed E-state index contributed by atoms with van der Waals surface area (Å²) in [5.41, 5.74) is 2.34. The van der Waals surface area contributed by atoms with Crippen molar-refractivity contribution in [3.8, 4) is 0 Å². The number of carbonyl (C=O) groups is 2. The minimum absolute atomic E-state index is 0.0729. The topological polar surface area (TPSA) is 79.5 Å². The molecule has 4 heterocycles. The van der Waals surface area contributed by atoms with E-state index in [0.717, 1.165) is 10.9 Å². The minimum Gasteiger partial charge on any atom is -0.356 e. The van der Waals surface area contributed by atoms with Crippen LogP contribution in [0.2, 0.25) is 5.02 Å². The highest BCUT2D eigenvalue weighted by atomic mass is 35.5. The number of aromatic nitrogens is 2. The molecule has 1 atom stereocenters. The molecule has 2 amide bonds. The van der Waals surface area contributed by atoms with Crippen molar-refractivity contribution in [1.82, 2.24) is 19.9 Å². The van der Waals surface area contributed by atoms with Gasteiger partial charge in [0, 0.05) is 36.1 Å². The average molecular weight is 459 g/mol. The summed E-state index contributed by atoms with van der Waals surface area (Å²) in [4.78, 5) is 35.3. The van der Waals surface area contributed by atoms with Crippen LogP contribution in [0, 0.1) is 0 Å². The smallest absolute Gasteiger partial charge is 0.257 e. The van der Waals surface area contributed by atoms with Crippen molar-refractivity contribution in [1.29, 1.82) is 0 Å². The number of para-hydroxylation sites is 1. The molecule has 2 aromatic carbocycles. The maximum Gasteiger partial charge on any atom is 0.257 e. The van der Waals surface area contributed by atoms with E-state index in [-0.39, 0.29) is 18.2 Å². The fourth-order valence-electron chi connectivity index (χ4n) is 5.09. The van der Waals surface area contributed by atoms with Crippen LogP contribution in [0.15, 0.2) is 71.4 Å². The Hall–Kier alpha value is -3.71. The number of amides is 2. The van der Waals surface area contributed by atoms with Crippen LogP contribution in [-0.4, -0.2) is 44.8 Å². The lowest BCUT2D eigenvalue weighted by atomic mass is 9.86. The highest BCUT2D eigenvalue weighted by molar-refractivity contribution is 6.30. The molecule has 0 N–H and O–H groups in total. The van der Waals surface area contributed by atoms with Gasteiger partial charge in [-0.2, -0.15) is 0 Å². The summed E-state index contributed by atoms with van der Waals surface area (Å²) >= 11 is 6.16. The molecule has 1 fully saturated rings. The first-order valence-corrected chi connectivity index (χ1v) is 11.1. The quantitative estimate of drug-likeness (QED) is 0.466. The van der Waals surface area contributed by atoms with Crippen molar-refractivity contribution < 1.29 is 14.1 Å². The molecule has 0 spiro atoms. The van der Waals surface area contributed by atoms with Gasteiger partial charge in [0.15, 0.2) is 5.58 Å². The Kier molecular flexibility index (Phi) is 4.48. The van der Waals surface area contributed by atoms with E-state index >= 15 is 0 Å². The predicted molar refractivity (Wildman–Crippen MR) is 122 cm³/mol. The van der Waals surface area contributed by atoms with E-state index in [4.69, 9.17) is 16.1 Å². The maximum absolute atomic E-state index is 13.7. The second-order valence-electron chi connectivity index (χ2n) is 8.30. The van der Waals surface area contributed by atoms with Crippen molar-refractivity contribution in [3.05, 3.63) is 94.4 Å². The van der Waals surface area contributed by atoms with E-state index in [9.17, 15) is 9.59 Å². The molecule has 1 saturated heterocycles. The maximum atomic E-state index is 13.7. The number of halogens is 1. The van der Waals surface area contributed by atoms with E-state index in [1.54, 1.807) is 40.3 Å². The van der Waals surface area contributed by atoms with Gasteiger partial charge >= 0.3 is 0 Å². The first-order chi connectivity index (χ1) is 16.1. The molecule has 1 unspecified atom stereocenters. The fourth-order valence-corrected chi connectivity index (χ4v) is 5.22. The van der Waals surface area contributed by atoms with Crippen molar-refractivity contribution in [2.24, 2.45) is 0 Å². The molecule has 6 rings (SSSR count). The number of benzene rings is 2. The number of fused-ring (bicyclic) bond motifs is 3. The molecular formula is C25H19ClN4O3. The fraction of sp³-hybridized carbons (Fsp3) is 0.200. The van der Waals surface area contributed by atoms with Crippen LogP contribution in [0.1, 0.15) is 27.3 Å². The monoisotopic (exact) mass is 458 g/mol. The molecule has 2 aliphatic heterocycles. The Labute approximate surface area is 194 Å². The standard InChI is InChI=1S/C25H19ClN4O3/c26-17-9-7-16(8-10-17)25-15-21-19(5-3-11-27-21)24(32)30(25)13-12-29(25)23(31)14-20-18-4-1-2-6-22(18)33-28-20/h1-11H,12-15H2. The summed E-state index contributed by atoms with van der Waals surface area (Å²) in [6, 6.07) is 18.4. The molecule has 4 aromatic rings. The zero-order chi connectivity index (χ0) is 22.6. The Morgan fingerprint density at radius 3 is 2.73 bits per heavy atom. The van der Waals surface area contributed by atoms with Gasteiger partial charge in [-0.1, -0.05) is 41.0 Å². The van der Waals surface area contributed by atoms with Crippen molar-refractivity contribution in [2.75, 3.05) is 13.1 Å². The number of hydrogen-bond donors (Lipinski definition) is 0. The van der Waals surface area contributed by atoms with E-state index in [2.05, 4.69) is 10.1 Å². The molecule has 0 aliphatic carbocycles. The van der Waals surface area contributed by atoms with E-state index < -0.39 is 5.66 Å². The normalized spacial score (nSPS) is 19.6. The van der Waals surface area contributed by atoms with Gasteiger partial charge in [-0.3, -0.25) is 14.6 Å². The molecule has 7 nitrogen and oxygen atoms in total. The zero-order valence-electron chi connectivity index (χ0n) is 17.6. The Bertz CT molecular complexity index is 1400. The summed E-state index contributed by atoms with van der Waals surface area (Å²) in [5, 5.41) is 5.54. The number of pyridine rings is 1. The van der Waals surface area contributed by atoms with Gasteiger partial charge < -0.3 is 14.3 Å². The van der Waals surface area contributed by atoms with Crippen LogP contribution in [0.5, 0.6) is 0 Å². The number of carbonyl (C=O) groups excluding carboxylic acids is 2. The Balaban J connectivity index is 1.45. The summed E-state index contributed by atoms with van der Waals surface area (Å²) in [5.74, 6) is -0.250. The molecule has 33 heavy (non-hydrogen) atoms. The molecule has 0 radical (unpaired) electrons. The van der Waals surface area contributed by atoms with Crippen molar-refractivity contribution in [3.63, 3.8) is 0 Å². The first kappa shape index (κ1) is 19.9. The van der Waals surface area contributed by atoms with Crippen LogP contribution in [0.3, 0.4) is 0 Å². The van der Waals surface area contributed by atoms with Crippen LogP contribution in [0.4, 0.5) is 0 Å². The summed E-state index contributed by atoms with van der Waals surface area (Å²) in [7, 11) is 0. The van der Waals surface area contributed by atoms with Gasteiger partial charge in [-0.15, -0.1) is 0 Å². The second kappa shape index (κ2) is 7.42. The van der Waals surface area contributed by atoms with Gasteiger partial charge in [0.2, 0.25) is 5.91 Å². The number of nitrogens with zero attached hydrogens (tertiary/aromatic N) is 4. The van der Waals surface area contributed by atoms with Crippen LogP contribution >= 0.6 is 11.6 Å². The lowest BCUT2D eigenvalue weighted by Crippen LogP contribution is -2.58. The SMILES string of the molecule is O=C(Cc1noc2ccccc12)N1CCN2C(=O)c3cccnc3CC12c1ccc(Cl)cc1. The highest BCUT2D eigenvalue weighted by Crippen LogP contribution is 2.44. The molecule has 2 aromatic heterocycles. The molecule has 2 aliphatic rings. The number of hydrogen-bond acceptors (Lipinski definition) is 5. The van der Waals surface area contributed by atoms with Crippen LogP contribution in [-0.2, 0) is 23.3 Å². The lowest BCUT2D eigenvalue weighted by Gasteiger charge is -2.47. The summed E-state index contributed by atoms with van der Waals surface area (Å²) in [6.07, 6.45) is 2.16. The van der Waals surface area contributed by atoms with Crippen LogP contribution < -0.4 is 0 Å². The van der Waals surface area contributed by atoms with Gasteiger partial charge in [-0.05, 0) is 42.0 Å². The first-order valence-electron chi connectivity index (χ1n) is 10.7. The largest absolute Gasteiger partial charge is 0.356 e. The van der Waals surface area contributed by atoms with E-state index in [1.165, 1.54) is 0 Å². The van der Waals surface area contributed by atoms with Gasteiger partial charge in [0.1, 0.15) is 11.4 Å². The van der Waals surface area contributed by atoms with Crippen molar-refractivity contribution >= 4 is 34.4 Å². The van der Waals surface area contributed by atoms with Crippen molar-refractivity contribution in [2.45, 2.75) is 18.5 Å². The second-order valence-corrected chi connectivity index (χ2v) is 8.74. The van der Waals surface area contributed by atoms with Gasteiger partial charge in [0.05, 0.1) is 17.7 Å². The third-order valence-corrected chi connectivity index (χ3v) is 6.85. The Morgan fingerprint density at radius 2 is 1.88 bits per heavy atom. The van der Waals surface area contributed by atoms with Crippen LogP contribution in [0.25, 0.3) is 11.0 Å². The lowest BCUT2D eigenvalue weighted by molar-refractivity contribution is -0.138. The predicted octanol–water partition coefficient (Wildman–Crippen LogP) is 3.81. The molecule has 164 valence electrons. The zero-order valence-corrected chi connectivity index (χ0v) is 18.3. The average Bonchev–Trinajstić information content (AvgIpc) is 3.42. The minimum atomic E-state index is -0.973. The van der Waals surface area contributed by atoms with Gasteiger partial charge in [-0.25, -0.2) is 0 Å². The molecule has 0 bridgehead atoms. The van der Waals surface area contributed by atoms with E-state index in [1.807, 2.05) is 36.4 Å². The Morgan fingerprint density at radius 1 is 1.06 bits per heavy atom. The molecular weight excluding hydrogens is 440 g/mol. The molecule has 0 saturated carbocycles. The molecule has 8 heteroatoms. The third-order valence-electron chi connectivity index (χ3n) is 6.60. The van der Waals surface area contributed by atoms with E-state index in [0.29, 0.717) is 47.1 Å². The van der Waals surface area contributed by atoms with Gasteiger partial charge in [0.25, 0.3) is 5.91 Å². The number of rotatable bonds is 3. The summed E-state index contributed by atoms with van der Waals surface area (Å²) < 4.78 is 5.40. The third kappa shape index (κ3) is 2.96. The highest BCUT2D eigenvalue weighted by Gasteiger charge is 2.56. The summed E-state index contributed by atoms with van der Waals surface area (Å²) in [6.45, 7) is 0.845.